The Labute approximate surface area is 127 Å². The molecule has 2 N–H and O–H groups in total. The second kappa shape index (κ2) is 5.14. The largest absolute Gasteiger partial charge is 0.318 e. The van der Waals surface area contributed by atoms with E-state index in [1.165, 1.54) is 0 Å². The highest BCUT2D eigenvalue weighted by atomic mass is 16.1. The Hall–Kier alpha value is -2.90. The Morgan fingerprint density at radius 2 is 2.09 bits per heavy atom. The summed E-state index contributed by atoms with van der Waals surface area (Å²) in [7, 11) is 3.67. The van der Waals surface area contributed by atoms with E-state index in [0.29, 0.717) is 17.1 Å². The third kappa shape index (κ3) is 2.39. The van der Waals surface area contributed by atoms with Gasteiger partial charge in [-0.25, -0.2) is 0 Å². The molecular formula is C14H17N7O. The number of anilines is 1. The van der Waals surface area contributed by atoms with Crippen molar-refractivity contribution in [2.45, 2.75) is 13.8 Å². The van der Waals surface area contributed by atoms with E-state index < -0.39 is 0 Å². The van der Waals surface area contributed by atoms with Crippen LogP contribution in [0.2, 0.25) is 0 Å². The van der Waals surface area contributed by atoms with E-state index in [4.69, 9.17) is 0 Å². The van der Waals surface area contributed by atoms with Crippen LogP contribution in [0.15, 0.2) is 18.5 Å². The molecule has 0 saturated heterocycles. The third-order valence-corrected chi connectivity index (χ3v) is 3.55. The SMILES string of the molecule is Cc1nn(C)c(C)c1-c1cc(C(=O)Nc2cnn(C)c2)[nH]n1. The van der Waals surface area contributed by atoms with E-state index in [9.17, 15) is 4.79 Å². The molecule has 0 radical (unpaired) electrons. The quantitative estimate of drug-likeness (QED) is 0.764. The predicted molar refractivity (Wildman–Crippen MR) is 81.4 cm³/mol. The van der Waals surface area contributed by atoms with E-state index in [1.807, 2.05) is 20.9 Å². The van der Waals surface area contributed by atoms with Crippen LogP contribution in [0.25, 0.3) is 11.3 Å². The van der Waals surface area contributed by atoms with Crippen molar-refractivity contribution >= 4 is 11.6 Å². The molecule has 1 amide bonds. The lowest BCUT2D eigenvalue weighted by Gasteiger charge is -1.98. The van der Waals surface area contributed by atoms with Gasteiger partial charge in [0.1, 0.15) is 5.69 Å². The van der Waals surface area contributed by atoms with Crippen LogP contribution in [-0.4, -0.2) is 35.7 Å². The van der Waals surface area contributed by atoms with Crippen molar-refractivity contribution < 1.29 is 4.79 Å². The summed E-state index contributed by atoms with van der Waals surface area (Å²) in [5.74, 6) is -0.258. The summed E-state index contributed by atoms with van der Waals surface area (Å²) in [4.78, 5) is 12.2. The molecule has 8 nitrogen and oxygen atoms in total. The van der Waals surface area contributed by atoms with Gasteiger partial charge in [0.2, 0.25) is 0 Å². The highest BCUT2D eigenvalue weighted by molar-refractivity contribution is 6.03. The minimum Gasteiger partial charge on any atom is -0.318 e. The topological polar surface area (TPSA) is 93.4 Å². The molecule has 8 heteroatoms. The van der Waals surface area contributed by atoms with E-state index in [0.717, 1.165) is 17.0 Å². The normalized spacial score (nSPS) is 10.9. The first-order valence-corrected chi connectivity index (χ1v) is 6.81. The zero-order valence-corrected chi connectivity index (χ0v) is 12.9. The van der Waals surface area contributed by atoms with E-state index in [1.54, 1.807) is 34.9 Å². The maximum Gasteiger partial charge on any atom is 0.273 e. The van der Waals surface area contributed by atoms with Crippen molar-refractivity contribution in [1.82, 2.24) is 29.8 Å². The standard InChI is InChI=1S/C14H17N7O/c1-8-13(9(2)21(4)19-8)11-5-12(18-17-11)14(22)16-10-6-15-20(3)7-10/h5-7H,1-4H3,(H,16,22)(H,17,18). The molecule has 0 unspecified atom stereocenters. The van der Waals surface area contributed by atoms with E-state index in [-0.39, 0.29) is 5.91 Å². The Kier molecular flexibility index (Phi) is 3.28. The van der Waals surface area contributed by atoms with Gasteiger partial charge in [0.25, 0.3) is 5.91 Å². The van der Waals surface area contributed by atoms with Crippen molar-refractivity contribution in [3.05, 3.63) is 35.5 Å². The number of rotatable bonds is 3. The van der Waals surface area contributed by atoms with Gasteiger partial charge in [-0.2, -0.15) is 15.3 Å². The van der Waals surface area contributed by atoms with Crippen molar-refractivity contribution in [3.8, 4) is 11.3 Å². The van der Waals surface area contributed by atoms with Gasteiger partial charge < -0.3 is 5.32 Å². The maximum atomic E-state index is 12.2. The number of carbonyl (C=O) groups is 1. The van der Waals surface area contributed by atoms with Crippen LogP contribution >= 0.6 is 0 Å². The first-order valence-electron chi connectivity index (χ1n) is 6.81. The zero-order chi connectivity index (χ0) is 15.9. The molecule has 0 bridgehead atoms. The number of H-pyrrole nitrogens is 1. The first-order chi connectivity index (χ1) is 10.5. The predicted octanol–water partition coefficient (Wildman–Crippen LogP) is 1.41. The van der Waals surface area contributed by atoms with Gasteiger partial charge in [0.15, 0.2) is 0 Å². The fourth-order valence-corrected chi connectivity index (χ4v) is 2.39. The lowest BCUT2D eigenvalue weighted by molar-refractivity contribution is 0.102. The molecular weight excluding hydrogens is 282 g/mol. The van der Waals surface area contributed by atoms with Gasteiger partial charge in [-0.05, 0) is 19.9 Å². The van der Waals surface area contributed by atoms with Gasteiger partial charge in [-0.15, -0.1) is 0 Å². The van der Waals surface area contributed by atoms with Crippen LogP contribution in [-0.2, 0) is 14.1 Å². The van der Waals surface area contributed by atoms with Crippen LogP contribution in [0, 0.1) is 13.8 Å². The molecule has 3 heterocycles. The number of aryl methyl sites for hydroxylation is 3. The Morgan fingerprint density at radius 3 is 2.68 bits per heavy atom. The molecule has 0 aliphatic heterocycles. The number of carbonyl (C=O) groups excluding carboxylic acids is 1. The lowest BCUT2D eigenvalue weighted by atomic mass is 10.1. The van der Waals surface area contributed by atoms with Crippen LogP contribution < -0.4 is 5.32 Å². The van der Waals surface area contributed by atoms with Crippen LogP contribution in [0.5, 0.6) is 0 Å². The molecule has 0 aliphatic carbocycles. The number of nitrogens with zero attached hydrogens (tertiary/aromatic N) is 5. The average Bonchev–Trinajstić information content (AvgIpc) is 3.13. The van der Waals surface area contributed by atoms with Gasteiger partial charge in [-0.1, -0.05) is 0 Å². The minimum atomic E-state index is -0.258. The number of amides is 1. The molecule has 0 aliphatic rings. The Balaban J connectivity index is 1.85. The number of hydrogen-bond acceptors (Lipinski definition) is 4. The van der Waals surface area contributed by atoms with Crippen LogP contribution in [0.1, 0.15) is 21.9 Å². The monoisotopic (exact) mass is 299 g/mol. The number of nitrogens with one attached hydrogen (secondary N) is 2. The second-order valence-electron chi connectivity index (χ2n) is 5.19. The molecule has 0 spiro atoms. The summed E-state index contributed by atoms with van der Waals surface area (Å²) in [6.07, 6.45) is 3.31. The van der Waals surface area contributed by atoms with Gasteiger partial charge in [0, 0.05) is 31.5 Å². The van der Waals surface area contributed by atoms with Crippen LogP contribution in [0.4, 0.5) is 5.69 Å². The summed E-state index contributed by atoms with van der Waals surface area (Å²) >= 11 is 0. The molecule has 0 fully saturated rings. The molecule has 3 aromatic rings. The number of aromatic amines is 1. The first kappa shape index (κ1) is 14.1. The molecule has 22 heavy (non-hydrogen) atoms. The molecule has 0 aromatic carbocycles. The summed E-state index contributed by atoms with van der Waals surface area (Å²) in [6.45, 7) is 3.89. The summed E-state index contributed by atoms with van der Waals surface area (Å²) in [5.41, 5.74) is 4.56. The molecule has 0 saturated carbocycles. The smallest absolute Gasteiger partial charge is 0.273 e. The van der Waals surface area contributed by atoms with E-state index >= 15 is 0 Å². The molecule has 114 valence electrons. The average molecular weight is 299 g/mol. The molecule has 0 atom stereocenters. The van der Waals surface area contributed by atoms with E-state index in [2.05, 4.69) is 25.7 Å². The van der Waals surface area contributed by atoms with Gasteiger partial charge in [0.05, 0.1) is 23.3 Å². The zero-order valence-electron chi connectivity index (χ0n) is 12.9. The maximum absolute atomic E-state index is 12.2. The van der Waals surface area contributed by atoms with Crippen molar-refractivity contribution in [1.29, 1.82) is 0 Å². The number of aromatic nitrogens is 6. The van der Waals surface area contributed by atoms with Gasteiger partial charge >= 0.3 is 0 Å². The Bertz CT molecular complexity index is 839. The summed E-state index contributed by atoms with van der Waals surface area (Å²) in [6, 6.07) is 1.72. The molecule has 3 aromatic heterocycles. The second-order valence-corrected chi connectivity index (χ2v) is 5.19. The number of hydrogen-bond donors (Lipinski definition) is 2. The minimum absolute atomic E-state index is 0.258. The summed E-state index contributed by atoms with van der Waals surface area (Å²) < 4.78 is 3.42. The third-order valence-electron chi connectivity index (χ3n) is 3.55. The fraction of sp³-hybridized carbons (Fsp3) is 0.286. The van der Waals surface area contributed by atoms with Crippen molar-refractivity contribution in [2.75, 3.05) is 5.32 Å². The lowest BCUT2D eigenvalue weighted by Crippen LogP contribution is -2.11. The van der Waals surface area contributed by atoms with Crippen molar-refractivity contribution in [3.63, 3.8) is 0 Å². The highest BCUT2D eigenvalue weighted by Gasteiger charge is 2.17. The fourth-order valence-electron chi connectivity index (χ4n) is 2.39. The van der Waals surface area contributed by atoms with Crippen LogP contribution in [0.3, 0.4) is 0 Å². The molecule has 3 rings (SSSR count). The van der Waals surface area contributed by atoms with Crippen molar-refractivity contribution in [2.24, 2.45) is 14.1 Å². The Morgan fingerprint density at radius 1 is 1.32 bits per heavy atom. The highest BCUT2D eigenvalue weighted by Crippen LogP contribution is 2.25. The van der Waals surface area contributed by atoms with Gasteiger partial charge in [-0.3, -0.25) is 19.3 Å². The summed E-state index contributed by atoms with van der Waals surface area (Å²) in [5, 5.41) is 18.1.